The highest BCUT2D eigenvalue weighted by Crippen LogP contribution is 2.41. The van der Waals surface area contributed by atoms with E-state index in [1.54, 1.807) is 0 Å². The third-order valence-electron chi connectivity index (χ3n) is 5.42. The summed E-state index contributed by atoms with van der Waals surface area (Å²) in [5, 5.41) is 9.64. The lowest BCUT2D eigenvalue weighted by atomic mass is 9.92. The van der Waals surface area contributed by atoms with Crippen LogP contribution in [0.5, 0.6) is 0 Å². The number of esters is 1. The van der Waals surface area contributed by atoms with E-state index in [2.05, 4.69) is 25.7 Å². The molecule has 0 saturated carbocycles. The van der Waals surface area contributed by atoms with E-state index in [0.29, 0.717) is 12.1 Å². The van der Waals surface area contributed by atoms with Crippen LogP contribution in [0.1, 0.15) is 57.9 Å². The molecule has 1 N–H and O–H groups in total. The van der Waals surface area contributed by atoms with Crippen molar-refractivity contribution in [1.29, 1.82) is 0 Å². The standard InChI is InChI=1S/C20H29NO3/c1-20(2,3)21-15-9-10-16(21)12-17(11-15)24-19(23)18(13-22)14-7-5-4-6-8-14/h4-8,15-18,22H,9-13H2,1-3H3/t15-,16+,17?,18?. The van der Waals surface area contributed by atoms with E-state index >= 15 is 0 Å². The van der Waals surface area contributed by atoms with E-state index in [0.717, 1.165) is 18.4 Å². The molecule has 0 spiro atoms. The molecule has 2 aliphatic heterocycles. The molecule has 1 aromatic rings. The summed E-state index contributed by atoms with van der Waals surface area (Å²) in [5.74, 6) is -0.873. The minimum absolute atomic E-state index is 0.0219. The average Bonchev–Trinajstić information content (AvgIpc) is 2.82. The van der Waals surface area contributed by atoms with E-state index in [9.17, 15) is 9.90 Å². The smallest absolute Gasteiger partial charge is 0.316 e. The SMILES string of the molecule is CC(C)(C)N1[C@@H]2CC[C@H]1CC(OC(=O)C(CO)c1ccccc1)C2. The number of fused-ring (bicyclic) bond motifs is 2. The molecule has 0 amide bonds. The Kier molecular flexibility index (Phi) is 4.97. The molecule has 2 saturated heterocycles. The van der Waals surface area contributed by atoms with Gasteiger partial charge in [0.05, 0.1) is 6.61 Å². The van der Waals surface area contributed by atoms with Gasteiger partial charge in [-0.3, -0.25) is 9.69 Å². The quantitative estimate of drug-likeness (QED) is 0.862. The highest BCUT2D eigenvalue weighted by Gasteiger charge is 2.46. The first-order chi connectivity index (χ1) is 11.4. The molecule has 2 heterocycles. The number of carbonyl (C=O) groups is 1. The molecule has 0 aliphatic carbocycles. The van der Waals surface area contributed by atoms with Crippen molar-refractivity contribution in [3.05, 3.63) is 35.9 Å². The Morgan fingerprint density at radius 2 is 1.79 bits per heavy atom. The molecule has 132 valence electrons. The zero-order valence-corrected chi connectivity index (χ0v) is 14.9. The summed E-state index contributed by atoms with van der Waals surface area (Å²) in [6.45, 7) is 6.59. The Hall–Kier alpha value is -1.39. The molecule has 1 aromatic carbocycles. The van der Waals surface area contributed by atoms with Gasteiger partial charge in [0.15, 0.2) is 0 Å². The number of carbonyl (C=O) groups excluding carboxylic acids is 1. The molecule has 4 heteroatoms. The van der Waals surface area contributed by atoms with Crippen LogP contribution in [-0.2, 0) is 9.53 Å². The van der Waals surface area contributed by atoms with Crippen molar-refractivity contribution in [2.75, 3.05) is 6.61 Å². The molecule has 2 aliphatic rings. The van der Waals surface area contributed by atoms with E-state index in [-0.39, 0.29) is 24.2 Å². The molecule has 2 bridgehead atoms. The number of aliphatic hydroxyl groups is 1. The number of hydrogen-bond donors (Lipinski definition) is 1. The Bertz CT molecular complexity index is 552. The second-order valence-corrected chi connectivity index (χ2v) is 8.14. The van der Waals surface area contributed by atoms with Gasteiger partial charge < -0.3 is 9.84 Å². The summed E-state index contributed by atoms with van der Waals surface area (Å²) in [7, 11) is 0. The number of benzene rings is 1. The summed E-state index contributed by atoms with van der Waals surface area (Å²) in [4.78, 5) is 15.2. The van der Waals surface area contributed by atoms with Gasteiger partial charge in [-0.1, -0.05) is 30.3 Å². The van der Waals surface area contributed by atoms with Crippen molar-refractivity contribution in [3.8, 4) is 0 Å². The summed E-state index contributed by atoms with van der Waals surface area (Å²) < 4.78 is 5.81. The highest BCUT2D eigenvalue weighted by atomic mass is 16.5. The van der Waals surface area contributed by atoms with Gasteiger partial charge in [-0.25, -0.2) is 0 Å². The molecule has 0 radical (unpaired) electrons. The number of piperidine rings is 1. The molecule has 2 unspecified atom stereocenters. The fraction of sp³-hybridized carbons (Fsp3) is 0.650. The molecular formula is C20H29NO3. The van der Waals surface area contributed by atoms with Gasteiger partial charge in [-0.15, -0.1) is 0 Å². The lowest BCUT2D eigenvalue weighted by Gasteiger charge is -2.46. The van der Waals surface area contributed by atoms with Gasteiger partial charge in [0, 0.05) is 30.5 Å². The second kappa shape index (κ2) is 6.85. The molecule has 2 fully saturated rings. The van der Waals surface area contributed by atoms with Gasteiger partial charge in [0.25, 0.3) is 0 Å². The largest absolute Gasteiger partial charge is 0.462 e. The van der Waals surface area contributed by atoms with Crippen LogP contribution >= 0.6 is 0 Å². The second-order valence-electron chi connectivity index (χ2n) is 8.14. The molecule has 4 nitrogen and oxygen atoms in total. The first-order valence-electron chi connectivity index (χ1n) is 9.05. The Morgan fingerprint density at radius 1 is 1.21 bits per heavy atom. The highest BCUT2D eigenvalue weighted by molar-refractivity contribution is 5.78. The monoisotopic (exact) mass is 331 g/mol. The minimum atomic E-state index is -0.579. The minimum Gasteiger partial charge on any atom is -0.462 e. The third-order valence-corrected chi connectivity index (χ3v) is 5.42. The molecule has 3 rings (SSSR count). The van der Waals surface area contributed by atoms with Crippen LogP contribution < -0.4 is 0 Å². The Morgan fingerprint density at radius 3 is 2.29 bits per heavy atom. The Labute approximate surface area is 144 Å². The van der Waals surface area contributed by atoms with Crippen molar-refractivity contribution in [3.63, 3.8) is 0 Å². The Balaban J connectivity index is 1.64. The van der Waals surface area contributed by atoms with Gasteiger partial charge in [0.1, 0.15) is 12.0 Å². The van der Waals surface area contributed by atoms with Crippen LogP contribution in [0.25, 0.3) is 0 Å². The first-order valence-corrected chi connectivity index (χ1v) is 9.05. The zero-order chi connectivity index (χ0) is 17.3. The van der Waals surface area contributed by atoms with E-state index in [1.807, 2.05) is 30.3 Å². The van der Waals surface area contributed by atoms with Crippen LogP contribution in [0.2, 0.25) is 0 Å². The van der Waals surface area contributed by atoms with Crippen LogP contribution in [-0.4, -0.2) is 46.3 Å². The zero-order valence-electron chi connectivity index (χ0n) is 14.9. The predicted octanol–water partition coefficient (Wildman–Crippen LogP) is 3.10. The van der Waals surface area contributed by atoms with Gasteiger partial charge >= 0.3 is 5.97 Å². The van der Waals surface area contributed by atoms with Crippen LogP contribution in [0.15, 0.2) is 30.3 Å². The number of nitrogens with zero attached hydrogens (tertiary/aromatic N) is 1. The van der Waals surface area contributed by atoms with Crippen LogP contribution in [0, 0.1) is 0 Å². The predicted molar refractivity (Wildman–Crippen MR) is 93.8 cm³/mol. The van der Waals surface area contributed by atoms with Crippen molar-refractivity contribution in [2.24, 2.45) is 0 Å². The topological polar surface area (TPSA) is 49.8 Å². The summed E-state index contributed by atoms with van der Waals surface area (Å²) >= 11 is 0. The number of hydrogen-bond acceptors (Lipinski definition) is 4. The summed E-state index contributed by atoms with van der Waals surface area (Å²) in [5.41, 5.74) is 0.985. The molecule has 4 atom stereocenters. The molecule has 24 heavy (non-hydrogen) atoms. The maximum atomic E-state index is 12.6. The first kappa shape index (κ1) is 17.4. The fourth-order valence-corrected chi connectivity index (χ4v) is 4.57. The lowest BCUT2D eigenvalue weighted by Crippen LogP contribution is -2.54. The van der Waals surface area contributed by atoms with Crippen molar-refractivity contribution < 1.29 is 14.6 Å². The van der Waals surface area contributed by atoms with E-state index in [1.165, 1.54) is 12.8 Å². The molecule has 0 aromatic heterocycles. The van der Waals surface area contributed by atoms with Crippen molar-refractivity contribution >= 4 is 5.97 Å². The van der Waals surface area contributed by atoms with E-state index < -0.39 is 5.92 Å². The lowest BCUT2D eigenvalue weighted by molar-refractivity contribution is -0.156. The maximum Gasteiger partial charge on any atom is 0.316 e. The number of ether oxygens (including phenoxy) is 1. The van der Waals surface area contributed by atoms with Gasteiger partial charge in [-0.05, 0) is 39.2 Å². The normalized spacial score (nSPS) is 28.6. The van der Waals surface area contributed by atoms with Crippen LogP contribution in [0.4, 0.5) is 0 Å². The number of rotatable bonds is 4. The van der Waals surface area contributed by atoms with Crippen molar-refractivity contribution in [2.45, 2.75) is 76.1 Å². The summed E-state index contributed by atoms with van der Waals surface area (Å²) in [6, 6.07) is 10.4. The summed E-state index contributed by atoms with van der Waals surface area (Å²) in [6.07, 6.45) is 4.18. The average molecular weight is 331 g/mol. The molecular weight excluding hydrogens is 302 g/mol. The van der Waals surface area contributed by atoms with Crippen LogP contribution in [0.3, 0.4) is 0 Å². The van der Waals surface area contributed by atoms with Gasteiger partial charge in [-0.2, -0.15) is 0 Å². The van der Waals surface area contributed by atoms with E-state index in [4.69, 9.17) is 4.74 Å². The maximum absolute atomic E-state index is 12.6. The van der Waals surface area contributed by atoms with Gasteiger partial charge in [0.2, 0.25) is 0 Å². The number of aliphatic hydroxyl groups excluding tert-OH is 1. The van der Waals surface area contributed by atoms with Crippen molar-refractivity contribution in [1.82, 2.24) is 4.90 Å². The fourth-order valence-electron chi connectivity index (χ4n) is 4.57. The third kappa shape index (κ3) is 3.50.